The zero-order valence-electron chi connectivity index (χ0n) is 9.57. The molecular weight excluding hydrogens is 263 g/mol. The number of hydrogen-bond acceptors (Lipinski definition) is 3. The van der Waals surface area contributed by atoms with Crippen molar-refractivity contribution < 1.29 is 17.4 Å². The summed E-state index contributed by atoms with van der Waals surface area (Å²) in [5.74, 6) is 0.180. The Bertz CT molecular complexity index is 393. The number of halogens is 3. The number of thiol groups is 1. The summed E-state index contributed by atoms with van der Waals surface area (Å²) in [5.41, 5.74) is 0.294. The van der Waals surface area contributed by atoms with Crippen LogP contribution in [-0.2, 0) is 10.4 Å². The summed E-state index contributed by atoms with van der Waals surface area (Å²) in [4.78, 5) is 0. The minimum absolute atomic E-state index is 0.110. The Labute approximate surface area is 109 Å². The maximum absolute atomic E-state index is 12.5. The highest BCUT2D eigenvalue weighted by Gasteiger charge is 2.32. The van der Waals surface area contributed by atoms with E-state index >= 15 is 0 Å². The van der Waals surface area contributed by atoms with Gasteiger partial charge in [-0.1, -0.05) is 12.1 Å². The standard InChI is InChI=1S/C12H14F3NOS/c13-12(14,15)9-3-1-8(2-4-9)10-5-6-16-11(10)7-17-18/h1-4,10-11,16,18H,5-7H2. The van der Waals surface area contributed by atoms with E-state index in [1.807, 2.05) is 0 Å². The van der Waals surface area contributed by atoms with Crippen molar-refractivity contribution in [2.45, 2.75) is 24.6 Å². The van der Waals surface area contributed by atoms with Crippen LogP contribution in [0.1, 0.15) is 23.5 Å². The van der Waals surface area contributed by atoms with E-state index in [4.69, 9.17) is 4.18 Å². The molecule has 1 fully saturated rings. The lowest BCUT2D eigenvalue weighted by Gasteiger charge is -2.19. The Morgan fingerprint density at radius 3 is 2.50 bits per heavy atom. The quantitative estimate of drug-likeness (QED) is 0.654. The molecule has 2 atom stereocenters. The number of benzene rings is 1. The van der Waals surface area contributed by atoms with Crippen molar-refractivity contribution in [1.82, 2.24) is 5.32 Å². The second kappa shape index (κ2) is 5.50. The molecule has 2 nitrogen and oxygen atoms in total. The van der Waals surface area contributed by atoms with Gasteiger partial charge in [0, 0.05) is 12.0 Å². The number of hydrogen-bond donors (Lipinski definition) is 2. The second-order valence-corrected chi connectivity index (χ2v) is 4.63. The van der Waals surface area contributed by atoms with Gasteiger partial charge in [0.05, 0.1) is 12.2 Å². The van der Waals surface area contributed by atoms with E-state index < -0.39 is 11.7 Å². The van der Waals surface area contributed by atoms with Gasteiger partial charge in [-0.25, -0.2) is 0 Å². The van der Waals surface area contributed by atoms with Crippen molar-refractivity contribution in [3.05, 3.63) is 35.4 Å². The molecule has 100 valence electrons. The highest BCUT2D eigenvalue weighted by Crippen LogP contribution is 2.32. The van der Waals surface area contributed by atoms with E-state index in [0.29, 0.717) is 6.61 Å². The maximum atomic E-state index is 12.5. The highest BCUT2D eigenvalue weighted by molar-refractivity contribution is 7.75. The van der Waals surface area contributed by atoms with Crippen LogP contribution in [0.15, 0.2) is 24.3 Å². The normalized spacial score (nSPS) is 24.4. The first-order valence-corrected chi connectivity index (χ1v) is 6.06. The lowest BCUT2D eigenvalue weighted by atomic mass is 9.91. The van der Waals surface area contributed by atoms with Gasteiger partial charge in [-0.3, -0.25) is 0 Å². The number of alkyl halides is 3. The molecule has 1 aromatic carbocycles. The average molecular weight is 277 g/mol. The van der Waals surface area contributed by atoms with E-state index in [-0.39, 0.29) is 12.0 Å². The van der Waals surface area contributed by atoms with E-state index in [1.54, 1.807) is 12.1 Å². The summed E-state index contributed by atoms with van der Waals surface area (Å²) >= 11 is 3.71. The van der Waals surface area contributed by atoms with E-state index in [2.05, 4.69) is 18.2 Å². The Hall–Kier alpha value is -0.720. The summed E-state index contributed by atoms with van der Waals surface area (Å²) < 4.78 is 42.2. The fourth-order valence-electron chi connectivity index (χ4n) is 2.34. The molecule has 1 aromatic rings. The summed E-state index contributed by atoms with van der Waals surface area (Å²) in [6.45, 7) is 1.28. The molecule has 0 bridgehead atoms. The van der Waals surface area contributed by atoms with Crippen molar-refractivity contribution in [3.63, 3.8) is 0 Å². The van der Waals surface area contributed by atoms with Crippen LogP contribution in [0.5, 0.6) is 0 Å². The van der Waals surface area contributed by atoms with Crippen LogP contribution in [0.4, 0.5) is 13.2 Å². The van der Waals surface area contributed by atoms with Crippen LogP contribution < -0.4 is 5.32 Å². The topological polar surface area (TPSA) is 21.3 Å². The minimum Gasteiger partial charge on any atom is -0.317 e. The molecule has 18 heavy (non-hydrogen) atoms. The third kappa shape index (κ3) is 2.99. The molecule has 1 aliphatic rings. The molecule has 1 N–H and O–H groups in total. The van der Waals surface area contributed by atoms with Gasteiger partial charge in [0.25, 0.3) is 0 Å². The molecule has 1 aliphatic heterocycles. The molecule has 1 saturated heterocycles. The van der Waals surface area contributed by atoms with Gasteiger partial charge in [-0.2, -0.15) is 13.2 Å². The van der Waals surface area contributed by atoms with Crippen LogP contribution in [0.2, 0.25) is 0 Å². The third-order valence-corrected chi connectivity index (χ3v) is 3.42. The number of rotatable bonds is 3. The van der Waals surface area contributed by atoms with Gasteiger partial charge in [0.15, 0.2) is 0 Å². The van der Waals surface area contributed by atoms with E-state index in [0.717, 1.165) is 30.7 Å². The first kappa shape index (κ1) is 13.7. The molecule has 0 amide bonds. The van der Waals surface area contributed by atoms with Gasteiger partial charge in [-0.15, -0.1) is 0 Å². The predicted octanol–water partition coefficient (Wildman–Crippen LogP) is 3.01. The summed E-state index contributed by atoms with van der Waals surface area (Å²) in [5, 5.41) is 3.25. The third-order valence-electron chi connectivity index (χ3n) is 3.27. The first-order chi connectivity index (χ1) is 8.52. The van der Waals surface area contributed by atoms with Gasteiger partial charge < -0.3 is 9.50 Å². The summed E-state index contributed by atoms with van der Waals surface area (Å²) in [6, 6.07) is 5.47. The van der Waals surface area contributed by atoms with Crippen LogP contribution in [0.25, 0.3) is 0 Å². The minimum atomic E-state index is -4.28. The molecule has 0 spiro atoms. The maximum Gasteiger partial charge on any atom is 0.416 e. The lowest BCUT2D eigenvalue weighted by molar-refractivity contribution is -0.137. The summed E-state index contributed by atoms with van der Waals surface area (Å²) in [6.07, 6.45) is -3.38. The monoisotopic (exact) mass is 277 g/mol. The molecule has 0 saturated carbocycles. The highest BCUT2D eigenvalue weighted by atomic mass is 32.1. The largest absolute Gasteiger partial charge is 0.416 e. The van der Waals surface area contributed by atoms with Crippen molar-refractivity contribution >= 4 is 12.9 Å². The van der Waals surface area contributed by atoms with Crippen molar-refractivity contribution in [2.75, 3.05) is 13.2 Å². The Kier molecular flexibility index (Phi) is 4.19. The van der Waals surface area contributed by atoms with Gasteiger partial charge in [-0.05, 0) is 43.6 Å². The molecular formula is C12H14F3NOS. The van der Waals surface area contributed by atoms with Crippen molar-refractivity contribution in [1.29, 1.82) is 0 Å². The van der Waals surface area contributed by atoms with Crippen molar-refractivity contribution in [2.24, 2.45) is 0 Å². The first-order valence-electron chi connectivity index (χ1n) is 5.69. The fraction of sp³-hybridized carbons (Fsp3) is 0.500. The average Bonchev–Trinajstić information content (AvgIpc) is 2.77. The molecule has 2 rings (SSSR count). The van der Waals surface area contributed by atoms with E-state index in [9.17, 15) is 13.2 Å². The fourth-order valence-corrected chi connectivity index (χ4v) is 2.50. The zero-order chi connectivity index (χ0) is 13.2. The SMILES string of the molecule is FC(F)(F)c1ccc(C2CCNC2COS)cc1. The zero-order valence-corrected chi connectivity index (χ0v) is 10.5. The number of nitrogens with one attached hydrogen (secondary N) is 1. The molecule has 1 heterocycles. The van der Waals surface area contributed by atoms with Gasteiger partial charge in [0.2, 0.25) is 0 Å². The van der Waals surface area contributed by atoms with Crippen LogP contribution >= 0.6 is 12.9 Å². The molecule has 2 unspecified atom stereocenters. The van der Waals surface area contributed by atoms with Crippen LogP contribution in [0.3, 0.4) is 0 Å². The molecule has 0 aliphatic carbocycles. The molecule has 0 aromatic heterocycles. The van der Waals surface area contributed by atoms with Crippen LogP contribution in [-0.4, -0.2) is 19.2 Å². The predicted molar refractivity (Wildman–Crippen MR) is 65.5 cm³/mol. The Morgan fingerprint density at radius 1 is 1.28 bits per heavy atom. The van der Waals surface area contributed by atoms with E-state index in [1.165, 1.54) is 0 Å². The Balaban J connectivity index is 2.14. The second-order valence-electron chi connectivity index (χ2n) is 4.37. The smallest absolute Gasteiger partial charge is 0.317 e. The molecule has 0 radical (unpaired) electrons. The lowest BCUT2D eigenvalue weighted by Crippen LogP contribution is -2.30. The van der Waals surface area contributed by atoms with Gasteiger partial charge >= 0.3 is 6.18 Å². The van der Waals surface area contributed by atoms with Crippen molar-refractivity contribution in [3.8, 4) is 0 Å². The molecule has 6 heteroatoms. The summed E-state index contributed by atoms with van der Waals surface area (Å²) in [7, 11) is 0. The van der Waals surface area contributed by atoms with Crippen LogP contribution in [0, 0.1) is 0 Å². The van der Waals surface area contributed by atoms with Gasteiger partial charge in [0.1, 0.15) is 0 Å². The Morgan fingerprint density at radius 2 is 1.94 bits per heavy atom.